The minimum Gasteiger partial charge on any atom is -0.492 e. The van der Waals surface area contributed by atoms with Gasteiger partial charge in [0.15, 0.2) is 5.16 Å². The minimum atomic E-state index is 0.0807. The van der Waals surface area contributed by atoms with Crippen molar-refractivity contribution in [3.8, 4) is 5.75 Å². The first-order chi connectivity index (χ1) is 13.2. The first-order valence-corrected chi connectivity index (χ1v) is 10.2. The number of rotatable bonds is 8. The summed E-state index contributed by atoms with van der Waals surface area (Å²) in [6.07, 6.45) is 2.20. The second-order valence-electron chi connectivity index (χ2n) is 6.83. The Morgan fingerprint density at radius 3 is 2.93 bits per heavy atom. The van der Waals surface area contributed by atoms with Crippen LogP contribution in [0.1, 0.15) is 18.4 Å². The van der Waals surface area contributed by atoms with Crippen LogP contribution in [-0.2, 0) is 11.3 Å². The lowest BCUT2D eigenvalue weighted by Crippen LogP contribution is -2.27. The van der Waals surface area contributed by atoms with Crippen molar-refractivity contribution in [3.05, 3.63) is 54.1 Å². The standard InChI is InChI=1S/C21H23N3O2S/c1-15-5-4-6-17(13-15)26-12-11-24-19-8-3-2-7-18(19)23-21(24)27-14-20(25)22-16-9-10-16/h2-8,13,16H,9-12,14H2,1H3,(H,22,25). The van der Waals surface area contributed by atoms with Crippen LogP contribution in [0.3, 0.4) is 0 Å². The molecule has 1 amide bonds. The molecular formula is C21H23N3O2S. The molecule has 0 unspecified atom stereocenters. The van der Waals surface area contributed by atoms with Gasteiger partial charge in [0.05, 0.1) is 23.3 Å². The molecule has 1 aliphatic carbocycles. The van der Waals surface area contributed by atoms with E-state index >= 15 is 0 Å². The summed E-state index contributed by atoms with van der Waals surface area (Å²) >= 11 is 1.48. The second kappa shape index (κ2) is 8.05. The fraction of sp³-hybridized carbons (Fsp3) is 0.333. The predicted molar refractivity (Wildman–Crippen MR) is 108 cm³/mol. The zero-order chi connectivity index (χ0) is 18.6. The Balaban J connectivity index is 1.44. The van der Waals surface area contributed by atoms with E-state index < -0.39 is 0 Å². The minimum absolute atomic E-state index is 0.0807. The predicted octanol–water partition coefficient (Wildman–Crippen LogP) is 3.79. The summed E-state index contributed by atoms with van der Waals surface area (Å²) in [7, 11) is 0. The number of amides is 1. The van der Waals surface area contributed by atoms with Crippen LogP contribution in [0, 0.1) is 6.92 Å². The number of nitrogens with zero attached hydrogens (tertiary/aromatic N) is 2. The first kappa shape index (κ1) is 17.9. The SMILES string of the molecule is Cc1cccc(OCCn2c(SCC(=O)NC3CC3)nc3ccccc32)c1. The topological polar surface area (TPSA) is 56.1 Å². The molecule has 140 valence electrons. The normalized spacial score (nSPS) is 13.7. The van der Waals surface area contributed by atoms with Gasteiger partial charge in [-0.15, -0.1) is 0 Å². The molecule has 0 spiro atoms. The highest BCUT2D eigenvalue weighted by Crippen LogP contribution is 2.25. The van der Waals surface area contributed by atoms with E-state index in [9.17, 15) is 4.79 Å². The zero-order valence-corrected chi connectivity index (χ0v) is 16.2. The van der Waals surface area contributed by atoms with E-state index in [4.69, 9.17) is 9.72 Å². The number of nitrogens with one attached hydrogen (secondary N) is 1. The number of aromatic nitrogens is 2. The third-order valence-electron chi connectivity index (χ3n) is 4.47. The van der Waals surface area contributed by atoms with E-state index in [-0.39, 0.29) is 5.91 Å². The van der Waals surface area contributed by atoms with Gasteiger partial charge in [0.1, 0.15) is 12.4 Å². The summed E-state index contributed by atoms with van der Waals surface area (Å²) in [6, 6.07) is 16.5. The molecule has 0 aliphatic heterocycles. The van der Waals surface area contributed by atoms with E-state index in [1.165, 1.54) is 17.3 Å². The van der Waals surface area contributed by atoms with Crippen LogP contribution in [-0.4, -0.2) is 33.9 Å². The number of carbonyl (C=O) groups is 1. The number of thioether (sulfide) groups is 1. The largest absolute Gasteiger partial charge is 0.492 e. The van der Waals surface area contributed by atoms with Crippen molar-refractivity contribution in [2.45, 2.75) is 37.5 Å². The highest BCUT2D eigenvalue weighted by Gasteiger charge is 2.23. The molecule has 0 bridgehead atoms. The molecular weight excluding hydrogens is 358 g/mol. The molecule has 27 heavy (non-hydrogen) atoms. The molecule has 0 atom stereocenters. The van der Waals surface area contributed by atoms with Crippen LogP contribution >= 0.6 is 11.8 Å². The lowest BCUT2D eigenvalue weighted by Gasteiger charge is -2.11. The summed E-state index contributed by atoms with van der Waals surface area (Å²) in [5, 5.41) is 3.88. The van der Waals surface area contributed by atoms with Crippen LogP contribution in [0.2, 0.25) is 0 Å². The van der Waals surface area contributed by atoms with Gasteiger partial charge in [-0.25, -0.2) is 4.98 Å². The summed E-state index contributed by atoms with van der Waals surface area (Å²) in [6.45, 7) is 3.28. The van der Waals surface area contributed by atoms with Crippen molar-refractivity contribution in [3.63, 3.8) is 0 Å². The number of para-hydroxylation sites is 2. The van der Waals surface area contributed by atoms with Crippen molar-refractivity contribution in [2.75, 3.05) is 12.4 Å². The van der Waals surface area contributed by atoms with E-state index in [0.717, 1.165) is 34.8 Å². The molecule has 5 nitrogen and oxygen atoms in total. The molecule has 1 heterocycles. The van der Waals surface area contributed by atoms with E-state index in [1.54, 1.807) is 0 Å². The number of carbonyl (C=O) groups excluding carboxylic acids is 1. The maximum atomic E-state index is 12.0. The number of hydrogen-bond acceptors (Lipinski definition) is 4. The van der Waals surface area contributed by atoms with Crippen molar-refractivity contribution in [1.29, 1.82) is 0 Å². The summed E-state index contributed by atoms with van der Waals surface area (Å²) in [5.41, 5.74) is 3.19. The van der Waals surface area contributed by atoms with Gasteiger partial charge in [-0.3, -0.25) is 4.79 Å². The van der Waals surface area contributed by atoms with Gasteiger partial charge in [0.25, 0.3) is 0 Å². The van der Waals surface area contributed by atoms with Gasteiger partial charge in [0.2, 0.25) is 5.91 Å². The Kier molecular flexibility index (Phi) is 5.34. The lowest BCUT2D eigenvalue weighted by atomic mass is 10.2. The maximum absolute atomic E-state index is 12.0. The number of hydrogen-bond donors (Lipinski definition) is 1. The molecule has 1 aliphatic rings. The van der Waals surface area contributed by atoms with E-state index in [0.29, 0.717) is 24.9 Å². The summed E-state index contributed by atoms with van der Waals surface area (Å²) in [5.74, 6) is 1.34. The Morgan fingerprint density at radius 1 is 1.26 bits per heavy atom. The molecule has 0 saturated heterocycles. The van der Waals surface area contributed by atoms with Gasteiger partial charge >= 0.3 is 0 Å². The highest BCUT2D eigenvalue weighted by molar-refractivity contribution is 7.99. The Morgan fingerprint density at radius 2 is 2.11 bits per heavy atom. The third kappa shape index (κ3) is 4.63. The third-order valence-corrected chi connectivity index (χ3v) is 5.44. The molecule has 0 radical (unpaired) electrons. The molecule has 6 heteroatoms. The lowest BCUT2D eigenvalue weighted by molar-refractivity contribution is -0.118. The quantitative estimate of drug-likeness (QED) is 0.603. The molecule has 3 aromatic rings. The average molecular weight is 382 g/mol. The molecule has 1 fully saturated rings. The van der Waals surface area contributed by atoms with Gasteiger partial charge in [0, 0.05) is 6.04 Å². The number of fused-ring (bicyclic) bond motifs is 1. The Hall–Kier alpha value is -2.47. The number of imidazole rings is 1. The molecule has 2 aromatic carbocycles. The Bertz CT molecular complexity index is 950. The van der Waals surface area contributed by atoms with Crippen molar-refractivity contribution in [2.24, 2.45) is 0 Å². The highest BCUT2D eigenvalue weighted by atomic mass is 32.2. The van der Waals surface area contributed by atoms with Crippen LogP contribution in [0.4, 0.5) is 0 Å². The van der Waals surface area contributed by atoms with E-state index in [2.05, 4.69) is 28.9 Å². The average Bonchev–Trinajstić information content (AvgIpc) is 3.40. The molecule has 1 aromatic heterocycles. The van der Waals surface area contributed by atoms with Crippen LogP contribution in [0.15, 0.2) is 53.7 Å². The van der Waals surface area contributed by atoms with Gasteiger partial charge in [-0.1, -0.05) is 36.0 Å². The summed E-state index contributed by atoms with van der Waals surface area (Å²) in [4.78, 5) is 16.7. The molecule has 1 saturated carbocycles. The van der Waals surface area contributed by atoms with Gasteiger partial charge < -0.3 is 14.6 Å². The fourth-order valence-corrected chi connectivity index (χ4v) is 3.82. The fourth-order valence-electron chi connectivity index (χ4n) is 2.97. The van der Waals surface area contributed by atoms with Crippen LogP contribution in [0.5, 0.6) is 5.75 Å². The second-order valence-corrected chi connectivity index (χ2v) is 7.77. The zero-order valence-electron chi connectivity index (χ0n) is 15.4. The monoisotopic (exact) mass is 381 g/mol. The molecule has 4 rings (SSSR count). The number of aryl methyl sites for hydroxylation is 1. The van der Waals surface area contributed by atoms with Gasteiger partial charge in [-0.2, -0.15) is 0 Å². The van der Waals surface area contributed by atoms with Crippen molar-refractivity contribution >= 4 is 28.7 Å². The number of ether oxygens (including phenoxy) is 1. The van der Waals surface area contributed by atoms with E-state index in [1.807, 2.05) is 36.4 Å². The maximum Gasteiger partial charge on any atom is 0.230 e. The number of benzene rings is 2. The van der Waals surface area contributed by atoms with Crippen molar-refractivity contribution < 1.29 is 9.53 Å². The molecule has 1 N–H and O–H groups in total. The smallest absolute Gasteiger partial charge is 0.230 e. The Labute approximate surface area is 163 Å². The van der Waals surface area contributed by atoms with Crippen LogP contribution in [0.25, 0.3) is 11.0 Å². The van der Waals surface area contributed by atoms with Gasteiger partial charge in [-0.05, 0) is 49.6 Å². The van der Waals surface area contributed by atoms with Crippen LogP contribution < -0.4 is 10.1 Å². The first-order valence-electron chi connectivity index (χ1n) is 9.26. The summed E-state index contributed by atoms with van der Waals surface area (Å²) < 4.78 is 8.05. The van der Waals surface area contributed by atoms with Crippen molar-refractivity contribution in [1.82, 2.24) is 14.9 Å².